The molecule has 0 unspecified atom stereocenters. The smallest absolute Gasteiger partial charge is 0.206 e. The summed E-state index contributed by atoms with van der Waals surface area (Å²) in [5, 5.41) is 16.7. The van der Waals surface area contributed by atoms with Crippen LogP contribution in [0.2, 0.25) is 0 Å². The SMILES string of the molecule is Cc1cc(CSc2nnc(NC3CCCCC3)s2)on1. The van der Waals surface area contributed by atoms with Gasteiger partial charge < -0.3 is 9.84 Å². The first kappa shape index (κ1) is 13.9. The Hall–Kier alpha value is -1.08. The largest absolute Gasteiger partial charge is 0.360 e. The number of nitrogens with zero attached hydrogens (tertiary/aromatic N) is 3. The zero-order valence-corrected chi connectivity index (χ0v) is 13.1. The van der Waals surface area contributed by atoms with Crippen LogP contribution in [-0.4, -0.2) is 21.4 Å². The number of nitrogens with one attached hydrogen (secondary N) is 1. The van der Waals surface area contributed by atoms with E-state index in [1.165, 1.54) is 32.1 Å². The normalized spacial score (nSPS) is 16.4. The zero-order valence-electron chi connectivity index (χ0n) is 11.5. The molecule has 2 aromatic rings. The Labute approximate surface area is 126 Å². The minimum Gasteiger partial charge on any atom is -0.360 e. The van der Waals surface area contributed by atoms with Crippen molar-refractivity contribution in [2.45, 2.75) is 55.2 Å². The molecule has 2 aromatic heterocycles. The van der Waals surface area contributed by atoms with Crippen LogP contribution in [0, 0.1) is 6.92 Å². The molecule has 0 aromatic carbocycles. The van der Waals surface area contributed by atoms with Crippen LogP contribution in [0.4, 0.5) is 5.13 Å². The third-order valence-electron chi connectivity index (χ3n) is 3.35. The molecule has 0 amide bonds. The van der Waals surface area contributed by atoms with Crippen LogP contribution >= 0.6 is 23.1 Å². The molecule has 0 atom stereocenters. The van der Waals surface area contributed by atoms with Crippen LogP contribution in [0.3, 0.4) is 0 Å². The number of rotatable bonds is 5. The molecule has 1 fully saturated rings. The third-order valence-corrected chi connectivity index (χ3v) is 5.36. The zero-order chi connectivity index (χ0) is 13.8. The fraction of sp³-hybridized carbons (Fsp3) is 0.615. The molecule has 0 spiro atoms. The van der Waals surface area contributed by atoms with Crippen LogP contribution in [0.15, 0.2) is 14.9 Å². The van der Waals surface area contributed by atoms with E-state index in [1.807, 2.05) is 13.0 Å². The Bertz CT molecular complexity index is 548. The van der Waals surface area contributed by atoms with Crippen molar-refractivity contribution in [3.63, 3.8) is 0 Å². The molecule has 1 saturated carbocycles. The lowest BCUT2D eigenvalue weighted by Crippen LogP contribution is -2.21. The van der Waals surface area contributed by atoms with Gasteiger partial charge in [0.15, 0.2) is 4.34 Å². The minimum atomic E-state index is 0.575. The fourth-order valence-electron chi connectivity index (χ4n) is 2.37. The molecule has 20 heavy (non-hydrogen) atoms. The van der Waals surface area contributed by atoms with Crippen molar-refractivity contribution in [3.05, 3.63) is 17.5 Å². The van der Waals surface area contributed by atoms with E-state index in [-0.39, 0.29) is 0 Å². The van der Waals surface area contributed by atoms with Crippen molar-refractivity contribution in [3.8, 4) is 0 Å². The number of anilines is 1. The van der Waals surface area contributed by atoms with Gasteiger partial charge in [0.05, 0.1) is 11.4 Å². The first-order chi connectivity index (χ1) is 9.79. The van der Waals surface area contributed by atoms with Gasteiger partial charge in [-0.1, -0.05) is 47.5 Å². The summed E-state index contributed by atoms with van der Waals surface area (Å²) < 4.78 is 6.15. The molecule has 0 radical (unpaired) electrons. The molecule has 0 aliphatic heterocycles. The van der Waals surface area contributed by atoms with Crippen LogP contribution in [0.5, 0.6) is 0 Å². The lowest BCUT2D eigenvalue weighted by atomic mass is 9.96. The van der Waals surface area contributed by atoms with Crippen LogP contribution in [0.25, 0.3) is 0 Å². The van der Waals surface area contributed by atoms with E-state index in [2.05, 4.69) is 20.7 Å². The summed E-state index contributed by atoms with van der Waals surface area (Å²) >= 11 is 3.26. The van der Waals surface area contributed by atoms with Gasteiger partial charge in [-0.3, -0.25) is 0 Å². The Balaban J connectivity index is 1.51. The topological polar surface area (TPSA) is 63.8 Å². The summed E-state index contributed by atoms with van der Waals surface area (Å²) in [5.41, 5.74) is 0.914. The number of hydrogen-bond acceptors (Lipinski definition) is 7. The van der Waals surface area contributed by atoms with Gasteiger partial charge in [0.25, 0.3) is 0 Å². The minimum absolute atomic E-state index is 0.575. The molecule has 108 valence electrons. The molecule has 1 N–H and O–H groups in total. The number of aromatic nitrogens is 3. The second-order valence-corrected chi connectivity index (χ2v) is 7.28. The average Bonchev–Trinajstić information content (AvgIpc) is 3.07. The molecule has 0 saturated heterocycles. The maximum Gasteiger partial charge on any atom is 0.206 e. The molecule has 1 aliphatic rings. The number of hydrogen-bond donors (Lipinski definition) is 1. The summed E-state index contributed by atoms with van der Waals surface area (Å²) in [6.45, 7) is 1.93. The van der Waals surface area contributed by atoms with Gasteiger partial charge in [-0.05, 0) is 19.8 Å². The van der Waals surface area contributed by atoms with Crippen LogP contribution in [0.1, 0.15) is 43.6 Å². The highest BCUT2D eigenvalue weighted by molar-refractivity contribution is 8.00. The van der Waals surface area contributed by atoms with Crippen molar-refractivity contribution >= 4 is 28.2 Å². The predicted octanol–water partition coefficient (Wildman–Crippen LogP) is 3.87. The molecule has 0 bridgehead atoms. The number of aryl methyl sites for hydroxylation is 1. The van der Waals surface area contributed by atoms with Gasteiger partial charge in [-0.15, -0.1) is 10.2 Å². The van der Waals surface area contributed by atoms with Gasteiger partial charge in [0.1, 0.15) is 5.76 Å². The summed E-state index contributed by atoms with van der Waals surface area (Å²) in [6, 6.07) is 2.53. The monoisotopic (exact) mass is 310 g/mol. The first-order valence-corrected chi connectivity index (χ1v) is 8.75. The van der Waals surface area contributed by atoms with Gasteiger partial charge >= 0.3 is 0 Å². The summed E-state index contributed by atoms with van der Waals surface area (Å²) in [4.78, 5) is 0. The van der Waals surface area contributed by atoms with E-state index in [4.69, 9.17) is 4.52 Å². The van der Waals surface area contributed by atoms with E-state index >= 15 is 0 Å². The summed E-state index contributed by atoms with van der Waals surface area (Å²) in [6.07, 6.45) is 6.51. The van der Waals surface area contributed by atoms with Crippen LogP contribution < -0.4 is 5.32 Å². The summed E-state index contributed by atoms with van der Waals surface area (Å²) in [5.74, 6) is 1.63. The van der Waals surface area contributed by atoms with E-state index in [1.54, 1.807) is 23.1 Å². The van der Waals surface area contributed by atoms with Gasteiger partial charge in [0.2, 0.25) is 5.13 Å². The molecule has 1 aliphatic carbocycles. The molecule has 5 nitrogen and oxygen atoms in total. The van der Waals surface area contributed by atoms with E-state index in [0.717, 1.165) is 26.7 Å². The molecule has 2 heterocycles. The Morgan fingerprint density at radius 2 is 2.20 bits per heavy atom. The summed E-state index contributed by atoms with van der Waals surface area (Å²) in [7, 11) is 0. The highest BCUT2D eigenvalue weighted by Gasteiger charge is 2.15. The van der Waals surface area contributed by atoms with Crippen molar-refractivity contribution in [2.75, 3.05) is 5.32 Å². The van der Waals surface area contributed by atoms with E-state index in [0.29, 0.717) is 6.04 Å². The van der Waals surface area contributed by atoms with Gasteiger partial charge in [0, 0.05) is 12.1 Å². The average molecular weight is 310 g/mol. The second kappa shape index (κ2) is 6.58. The van der Waals surface area contributed by atoms with Crippen LogP contribution in [-0.2, 0) is 5.75 Å². The maximum absolute atomic E-state index is 5.18. The first-order valence-electron chi connectivity index (χ1n) is 6.94. The highest BCUT2D eigenvalue weighted by Crippen LogP contribution is 2.30. The van der Waals surface area contributed by atoms with Crippen molar-refractivity contribution < 1.29 is 4.52 Å². The highest BCUT2D eigenvalue weighted by atomic mass is 32.2. The Kier molecular flexibility index (Phi) is 4.57. The standard InChI is InChI=1S/C13H18N4OS2/c1-9-7-11(18-17-9)8-19-13-16-15-12(20-13)14-10-5-3-2-4-6-10/h7,10H,2-6,8H2,1H3,(H,14,15). The Morgan fingerprint density at radius 1 is 1.35 bits per heavy atom. The Morgan fingerprint density at radius 3 is 2.95 bits per heavy atom. The second-order valence-electron chi connectivity index (χ2n) is 5.08. The molecule has 7 heteroatoms. The lowest BCUT2D eigenvalue weighted by molar-refractivity contribution is 0.391. The van der Waals surface area contributed by atoms with Crippen molar-refractivity contribution in [1.29, 1.82) is 0 Å². The quantitative estimate of drug-likeness (QED) is 0.846. The number of thioether (sulfide) groups is 1. The lowest BCUT2D eigenvalue weighted by Gasteiger charge is -2.21. The fourth-order valence-corrected chi connectivity index (χ4v) is 4.07. The van der Waals surface area contributed by atoms with Gasteiger partial charge in [-0.25, -0.2) is 0 Å². The predicted molar refractivity (Wildman–Crippen MR) is 81.2 cm³/mol. The third kappa shape index (κ3) is 3.73. The molecular formula is C13H18N4OS2. The van der Waals surface area contributed by atoms with Crippen molar-refractivity contribution in [2.24, 2.45) is 0 Å². The van der Waals surface area contributed by atoms with Gasteiger partial charge in [-0.2, -0.15) is 0 Å². The maximum atomic E-state index is 5.18. The van der Waals surface area contributed by atoms with E-state index < -0.39 is 0 Å². The van der Waals surface area contributed by atoms with E-state index in [9.17, 15) is 0 Å². The van der Waals surface area contributed by atoms with Crippen molar-refractivity contribution in [1.82, 2.24) is 15.4 Å². The molecular weight excluding hydrogens is 292 g/mol. The molecule has 3 rings (SSSR count).